The molecule has 3 heterocycles. The van der Waals surface area contributed by atoms with Crippen LogP contribution in [0.4, 0.5) is 10.1 Å². The van der Waals surface area contributed by atoms with Crippen LogP contribution in [-0.2, 0) is 19.7 Å². The molecule has 5 nitrogen and oxygen atoms in total. The van der Waals surface area contributed by atoms with Crippen LogP contribution in [0.1, 0.15) is 79.8 Å². The van der Waals surface area contributed by atoms with Crippen LogP contribution in [0.3, 0.4) is 0 Å². The Labute approximate surface area is 291 Å². The monoisotopic (exact) mass is 684 g/mol. The number of nitrogens with zero attached hydrogens (tertiary/aromatic N) is 1. The lowest BCUT2D eigenvalue weighted by atomic mass is 9.53. The van der Waals surface area contributed by atoms with E-state index in [2.05, 4.69) is 60.5 Å². The summed E-state index contributed by atoms with van der Waals surface area (Å²) in [6.45, 7) is 4.90. The Balaban J connectivity index is 1.49. The third-order valence-corrected chi connectivity index (χ3v) is 12.2. The zero-order chi connectivity index (χ0) is 33.3. The normalized spacial score (nSPS) is 29.2. The molecule has 0 unspecified atom stereocenters. The maximum atomic E-state index is 16.7. The summed E-state index contributed by atoms with van der Waals surface area (Å²) in [5.41, 5.74) is 2.14. The van der Waals surface area contributed by atoms with Crippen molar-refractivity contribution in [1.82, 2.24) is 4.90 Å². The number of carbonyl (C=O) groups excluding carboxylic acids is 1. The largest absolute Gasteiger partial charge is 0.354 e. The van der Waals surface area contributed by atoms with Crippen molar-refractivity contribution in [2.24, 2.45) is 5.41 Å². The first-order valence-corrected chi connectivity index (χ1v) is 17.6. The van der Waals surface area contributed by atoms with Gasteiger partial charge in [0.05, 0.1) is 17.7 Å². The Kier molecular flexibility index (Phi) is 7.97. The molecule has 4 aromatic carbocycles. The summed E-state index contributed by atoms with van der Waals surface area (Å²) in [6, 6.07) is 30.7. The SMILES string of the molecule is CC1(C)CCC2(CC1)N1[C@H](c3ccccc3)[C@H](c3ccccc3)OCOC[C@H]1[C@H](c1cccc(Cl)c1F)[C@@]21C(=O)Nc2cc(Cl)ccc21. The van der Waals surface area contributed by atoms with Gasteiger partial charge in [-0.1, -0.05) is 116 Å². The summed E-state index contributed by atoms with van der Waals surface area (Å²) in [4.78, 5) is 17.8. The minimum absolute atomic E-state index is 0.0338. The second-order valence-electron chi connectivity index (χ2n) is 14.6. The van der Waals surface area contributed by atoms with Crippen molar-refractivity contribution in [3.63, 3.8) is 0 Å². The Morgan fingerprint density at radius 1 is 0.854 bits per heavy atom. The predicted octanol–water partition coefficient (Wildman–Crippen LogP) is 9.62. The molecule has 1 aliphatic carbocycles. The molecule has 0 bridgehead atoms. The lowest BCUT2D eigenvalue weighted by molar-refractivity contribution is -0.176. The van der Waals surface area contributed by atoms with Crippen molar-refractivity contribution in [1.29, 1.82) is 0 Å². The Morgan fingerprint density at radius 2 is 1.54 bits per heavy atom. The van der Waals surface area contributed by atoms with Gasteiger partial charge in [-0.25, -0.2) is 4.39 Å². The number of benzene rings is 4. The molecule has 2 spiro atoms. The van der Waals surface area contributed by atoms with E-state index in [4.69, 9.17) is 32.7 Å². The van der Waals surface area contributed by atoms with Crippen molar-refractivity contribution in [3.8, 4) is 0 Å². The van der Waals surface area contributed by atoms with Crippen LogP contribution in [0.5, 0.6) is 0 Å². The van der Waals surface area contributed by atoms with Crippen LogP contribution in [-0.4, -0.2) is 35.8 Å². The highest BCUT2D eigenvalue weighted by molar-refractivity contribution is 6.31. The van der Waals surface area contributed by atoms with E-state index < -0.39 is 34.8 Å². The molecule has 1 N–H and O–H groups in total. The first-order valence-electron chi connectivity index (χ1n) is 16.8. The fraction of sp³-hybridized carbons (Fsp3) is 0.375. The average molecular weight is 686 g/mol. The van der Waals surface area contributed by atoms with Crippen molar-refractivity contribution < 1.29 is 18.7 Å². The lowest BCUT2D eigenvalue weighted by Crippen LogP contribution is -2.63. The lowest BCUT2D eigenvalue weighted by Gasteiger charge is -2.56. The molecule has 5 atom stereocenters. The van der Waals surface area contributed by atoms with E-state index in [-0.39, 0.29) is 35.8 Å². The summed E-state index contributed by atoms with van der Waals surface area (Å²) in [6.07, 6.45) is 2.78. The molecule has 3 fully saturated rings. The first-order chi connectivity index (χ1) is 23.2. The number of carbonyl (C=O) groups is 1. The average Bonchev–Trinajstić information content (AvgIpc) is 3.49. The number of halogens is 3. The number of hydrogen-bond acceptors (Lipinski definition) is 4. The van der Waals surface area contributed by atoms with Crippen molar-refractivity contribution in [2.75, 3.05) is 18.7 Å². The van der Waals surface area contributed by atoms with Gasteiger partial charge in [0.2, 0.25) is 5.91 Å². The molecule has 3 aliphatic heterocycles. The number of amides is 1. The molecule has 8 heteroatoms. The molecule has 0 aromatic heterocycles. The molecular formula is C40H39Cl2FN2O3. The van der Waals surface area contributed by atoms with E-state index in [0.717, 1.165) is 42.4 Å². The maximum Gasteiger partial charge on any atom is 0.237 e. The van der Waals surface area contributed by atoms with E-state index in [0.29, 0.717) is 16.3 Å². The van der Waals surface area contributed by atoms with Gasteiger partial charge in [0.1, 0.15) is 24.1 Å². The van der Waals surface area contributed by atoms with E-state index in [1.165, 1.54) is 0 Å². The molecular weight excluding hydrogens is 646 g/mol. The summed E-state index contributed by atoms with van der Waals surface area (Å²) in [5, 5.41) is 3.82. The number of nitrogens with one attached hydrogen (secondary N) is 1. The number of ether oxygens (including phenoxy) is 2. The van der Waals surface area contributed by atoms with Crippen LogP contribution in [0, 0.1) is 11.2 Å². The fourth-order valence-corrected chi connectivity index (χ4v) is 9.97. The number of anilines is 1. The Bertz CT molecular complexity index is 1840. The van der Waals surface area contributed by atoms with Gasteiger partial charge in [-0.3, -0.25) is 9.69 Å². The van der Waals surface area contributed by atoms with Gasteiger partial charge >= 0.3 is 0 Å². The van der Waals surface area contributed by atoms with Crippen LogP contribution >= 0.6 is 23.2 Å². The topological polar surface area (TPSA) is 50.8 Å². The molecule has 4 aliphatic rings. The van der Waals surface area contributed by atoms with E-state index in [9.17, 15) is 0 Å². The third-order valence-electron chi connectivity index (χ3n) is 11.7. The molecule has 8 rings (SSSR count). The maximum absolute atomic E-state index is 16.7. The van der Waals surface area contributed by atoms with Crippen LogP contribution < -0.4 is 5.32 Å². The minimum Gasteiger partial charge on any atom is -0.354 e. The molecule has 2 saturated heterocycles. The number of rotatable bonds is 3. The molecule has 4 aromatic rings. The summed E-state index contributed by atoms with van der Waals surface area (Å²) >= 11 is 13.1. The number of fused-ring (bicyclic) bond motifs is 5. The van der Waals surface area contributed by atoms with Gasteiger partial charge in [0.15, 0.2) is 0 Å². The standard InChI is InChI=1S/C40H39Cl2FN2O3/c1-38(2)18-20-39(21-19-38)40(29-17-16-27(41)22-31(29)44-37(40)46)33(28-14-9-15-30(42)34(28)43)32-23-47-24-48-36(26-12-7-4-8-13-26)35(45(32)39)25-10-5-3-6-11-25/h3-17,22,32-33,35-36H,18-21,23-24H2,1-2H3,(H,44,46)/t32-,33-,35+,36-,40-/m0/s1. The first kappa shape index (κ1) is 32.0. The summed E-state index contributed by atoms with van der Waals surface area (Å²) < 4.78 is 29.8. The smallest absolute Gasteiger partial charge is 0.237 e. The zero-order valence-corrected chi connectivity index (χ0v) is 28.6. The highest BCUT2D eigenvalue weighted by Gasteiger charge is 2.76. The van der Waals surface area contributed by atoms with Gasteiger partial charge in [0, 0.05) is 28.2 Å². The molecule has 248 valence electrons. The molecule has 0 radical (unpaired) electrons. The van der Waals surface area contributed by atoms with Crippen LogP contribution in [0.2, 0.25) is 10.0 Å². The van der Waals surface area contributed by atoms with Crippen molar-refractivity contribution >= 4 is 34.8 Å². The quantitative estimate of drug-likeness (QED) is 0.234. The Hall–Kier alpha value is -3.26. The highest BCUT2D eigenvalue weighted by atomic mass is 35.5. The Morgan fingerprint density at radius 3 is 2.25 bits per heavy atom. The van der Waals surface area contributed by atoms with Crippen LogP contribution in [0.15, 0.2) is 97.1 Å². The zero-order valence-electron chi connectivity index (χ0n) is 27.1. The second-order valence-corrected chi connectivity index (χ2v) is 15.4. The third kappa shape index (κ3) is 4.71. The van der Waals surface area contributed by atoms with E-state index >= 15 is 9.18 Å². The summed E-state index contributed by atoms with van der Waals surface area (Å²) in [7, 11) is 0. The van der Waals surface area contributed by atoms with Crippen molar-refractivity contribution in [3.05, 3.63) is 135 Å². The van der Waals surface area contributed by atoms with Crippen LogP contribution in [0.25, 0.3) is 0 Å². The van der Waals surface area contributed by atoms with Gasteiger partial charge < -0.3 is 14.8 Å². The van der Waals surface area contributed by atoms with E-state index in [1.54, 1.807) is 18.2 Å². The predicted molar refractivity (Wildman–Crippen MR) is 187 cm³/mol. The van der Waals surface area contributed by atoms with Gasteiger partial charge in [-0.15, -0.1) is 0 Å². The molecule has 48 heavy (non-hydrogen) atoms. The molecule has 1 amide bonds. The second kappa shape index (κ2) is 12.0. The van der Waals surface area contributed by atoms with Gasteiger partial charge in [-0.05, 0) is 71.6 Å². The van der Waals surface area contributed by atoms with Gasteiger partial charge in [0.25, 0.3) is 0 Å². The molecule has 1 saturated carbocycles. The van der Waals surface area contributed by atoms with E-state index in [1.807, 2.05) is 42.5 Å². The summed E-state index contributed by atoms with van der Waals surface area (Å²) in [5.74, 6) is -1.28. The van der Waals surface area contributed by atoms with Gasteiger partial charge in [-0.2, -0.15) is 0 Å². The van der Waals surface area contributed by atoms with Crippen molar-refractivity contribution in [2.45, 2.75) is 74.6 Å². The number of hydrogen-bond donors (Lipinski definition) is 1. The highest BCUT2D eigenvalue weighted by Crippen LogP contribution is 2.70. The fourth-order valence-electron chi connectivity index (χ4n) is 9.61. The minimum atomic E-state index is -1.19.